The van der Waals surface area contributed by atoms with Crippen LogP contribution in [0.3, 0.4) is 0 Å². The van der Waals surface area contributed by atoms with Gasteiger partial charge in [0.1, 0.15) is 6.42 Å². The van der Waals surface area contributed by atoms with Crippen molar-refractivity contribution in [2.24, 2.45) is 0 Å². The van der Waals surface area contributed by atoms with Crippen molar-refractivity contribution < 1.29 is 19.8 Å². The summed E-state index contributed by atoms with van der Waals surface area (Å²) in [5.74, 6) is -2.62. The summed E-state index contributed by atoms with van der Waals surface area (Å²) in [6.45, 7) is 9.60. The Morgan fingerprint density at radius 1 is 0.800 bits per heavy atom. The van der Waals surface area contributed by atoms with Crippen LogP contribution in [-0.2, 0) is 9.59 Å². The Morgan fingerprint density at radius 3 is 1.30 bits per heavy atom. The first-order valence-electron chi connectivity index (χ1n) is 7.81. The van der Waals surface area contributed by atoms with E-state index in [1.54, 1.807) is 17.7 Å². The zero-order valence-electron chi connectivity index (χ0n) is 13.6. The Bertz CT molecular complexity index is 241. The Hall–Kier alpha value is -0.261. The van der Waals surface area contributed by atoms with Gasteiger partial charge in [0.15, 0.2) is 0 Å². The summed E-state index contributed by atoms with van der Waals surface area (Å²) in [6, 6.07) is 0. The van der Waals surface area contributed by atoms with E-state index < -0.39 is 36.7 Å². The fraction of sp³-hybridized carbons (Fsp3) is 0.867. The van der Waals surface area contributed by atoms with Crippen LogP contribution in [0.5, 0.6) is 0 Å². The summed E-state index contributed by atoms with van der Waals surface area (Å²) in [5.41, 5.74) is 0. The van der Waals surface area contributed by atoms with Crippen LogP contribution in [-0.4, -0.2) is 40.5 Å². The number of carbonyl (C=O) groups is 2. The third-order valence-electron chi connectivity index (χ3n) is 3.92. The number of carboxylic acid groups (broad SMARTS) is 2. The summed E-state index contributed by atoms with van der Waals surface area (Å²) < 4.78 is 6.51. The topological polar surface area (TPSA) is 74.6 Å². The normalized spacial score (nSPS) is 10.6. The number of aliphatic carboxylic acids is 2. The van der Waals surface area contributed by atoms with Gasteiger partial charge in [-0.05, 0) is 0 Å². The maximum Gasteiger partial charge on any atom is 0.314 e. The van der Waals surface area contributed by atoms with E-state index >= 15 is 0 Å². The Morgan fingerprint density at radius 2 is 1.15 bits per heavy atom. The first kappa shape index (κ1) is 22.0. The molecule has 120 valence electrons. The number of rotatable bonds is 10. The maximum atomic E-state index is 9.43. The van der Waals surface area contributed by atoms with Crippen molar-refractivity contribution in [3.05, 3.63) is 0 Å². The molecule has 0 saturated heterocycles. The molecule has 0 unspecified atom stereocenters. The molecule has 0 spiro atoms. The molecular weight excluding hydrogens is 363 g/mol. The number of carboxylic acids is 2. The van der Waals surface area contributed by atoms with E-state index in [0.717, 1.165) is 0 Å². The monoisotopic (exact) mass is 396 g/mol. The molecule has 0 heterocycles. The van der Waals surface area contributed by atoms with Crippen LogP contribution < -0.4 is 0 Å². The standard InChI is InChI=1S/2C4H9.C3H4O4.2C2H5.Sn/c2*1-3-4-2;4-2(5)1-3(6)7;2*1-2;/h2*1,3-4H2,2H3;1H2,(H,4,5)(H,6,7);2*1H2,2H3;. The second-order valence-corrected chi connectivity index (χ2v) is 20.8. The Labute approximate surface area is 127 Å². The predicted molar refractivity (Wildman–Crippen MR) is 86.0 cm³/mol. The maximum absolute atomic E-state index is 9.43. The molecule has 20 heavy (non-hydrogen) atoms. The molecule has 0 fully saturated rings. The van der Waals surface area contributed by atoms with Gasteiger partial charge >= 0.3 is 101 Å². The molecule has 0 aliphatic heterocycles. The SMILES string of the molecule is CCC[CH2][Sn]([CH2]C)([CH2]C)[CH2]CCC.O=C(O)CC(=O)O. The van der Waals surface area contributed by atoms with Crippen molar-refractivity contribution in [1.82, 2.24) is 0 Å². The van der Waals surface area contributed by atoms with E-state index in [9.17, 15) is 9.59 Å². The molecule has 0 aromatic carbocycles. The fourth-order valence-corrected chi connectivity index (χ4v) is 14.8. The molecule has 0 atom stereocenters. The zero-order chi connectivity index (χ0) is 16.0. The third kappa shape index (κ3) is 12.8. The van der Waals surface area contributed by atoms with Crippen LogP contribution in [0, 0.1) is 0 Å². The molecular formula is C15H32O4Sn. The number of hydrogen-bond donors (Lipinski definition) is 2. The van der Waals surface area contributed by atoms with Gasteiger partial charge in [-0.1, -0.05) is 0 Å². The quantitative estimate of drug-likeness (QED) is 0.418. The Balaban J connectivity index is 0. The molecule has 0 aliphatic carbocycles. The minimum absolute atomic E-state index is 0.806. The van der Waals surface area contributed by atoms with Gasteiger partial charge in [-0.25, -0.2) is 0 Å². The van der Waals surface area contributed by atoms with Crippen molar-refractivity contribution >= 4 is 30.3 Å². The van der Waals surface area contributed by atoms with Gasteiger partial charge in [0.2, 0.25) is 0 Å². The van der Waals surface area contributed by atoms with Crippen molar-refractivity contribution in [2.75, 3.05) is 0 Å². The van der Waals surface area contributed by atoms with Crippen LogP contribution in [0.25, 0.3) is 0 Å². The van der Waals surface area contributed by atoms with Crippen LogP contribution in [0.4, 0.5) is 0 Å². The average molecular weight is 395 g/mol. The van der Waals surface area contributed by atoms with Gasteiger partial charge in [-0.15, -0.1) is 0 Å². The van der Waals surface area contributed by atoms with E-state index in [0.29, 0.717) is 0 Å². The minimum atomic E-state index is -1.54. The van der Waals surface area contributed by atoms with Gasteiger partial charge in [0.25, 0.3) is 0 Å². The second-order valence-electron chi connectivity index (χ2n) is 5.38. The summed E-state index contributed by atoms with van der Waals surface area (Å²) in [4.78, 5) is 18.9. The minimum Gasteiger partial charge on any atom is -0.481 e. The van der Waals surface area contributed by atoms with Crippen LogP contribution in [0.2, 0.25) is 17.7 Å². The zero-order valence-corrected chi connectivity index (χ0v) is 16.4. The van der Waals surface area contributed by atoms with E-state index in [4.69, 9.17) is 10.2 Å². The first-order chi connectivity index (χ1) is 9.37. The molecule has 0 bridgehead atoms. The van der Waals surface area contributed by atoms with Crippen molar-refractivity contribution in [3.63, 3.8) is 0 Å². The molecule has 0 saturated carbocycles. The van der Waals surface area contributed by atoms with Gasteiger partial charge in [-0.2, -0.15) is 0 Å². The average Bonchev–Trinajstić information content (AvgIpc) is 2.39. The summed E-state index contributed by atoms with van der Waals surface area (Å²) in [7, 11) is 0. The van der Waals surface area contributed by atoms with Crippen LogP contribution >= 0.6 is 0 Å². The molecule has 0 aliphatic rings. The predicted octanol–water partition coefficient (Wildman–Crippen LogP) is 4.62. The van der Waals surface area contributed by atoms with Crippen molar-refractivity contribution in [3.8, 4) is 0 Å². The van der Waals surface area contributed by atoms with Crippen LogP contribution in [0.1, 0.15) is 59.8 Å². The molecule has 4 nitrogen and oxygen atoms in total. The number of unbranched alkanes of at least 4 members (excludes halogenated alkanes) is 2. The van der Waals surface area contributed by atoms with Crippen LogP contribution in [0.15, 0.2) is 0 Å². The molecule has 5 heteroatoms. The molecule has 0 aromatic rings. The fourth-order valence-electron chi connectivity index (χ4n) is 2.32. The summed E-state index contributed by atoms with van der Waals surface area (Å²) >= 11 is -1.54. The van der Waals surface area contributed by atoms with Gasteiger partial charge in [-0.3, -0.25) is 9.59 Å². The number of hydrogen-bond acceptors (Lipinski definition) is 2. The van der Waals surface area contributed by atoms with Crippen molar-refractivity contribution in [1.29, 1.82) is 0 Å². The Kier molecular flexibility index (Phi) is 15.1. The molecule has 0 amide bonds. The molecule has 0 rings (SSSR count). The summed E-state index contributed by atoms with van der Waals surface area (Å²) in [6.07, 6.45) is 5.04. The third-order valence-corrected chi connectivity index (χ3v) is 20.6. The molecule has 0 radical (unpaired) electrons. The van der Waals surface area contributed by atoms with E-state index in [2.05, 4.69) is 27.7 Å². The van der Waals surface area contributed by atoms with Crippen molar-refractivity contribution in [2.45, 2.75) is 77.5 Å². The molecule has 2 N–H and O–H groups in total. The van der Waals surface area contributed by atoms with E-state index in [1.165, 1.54) is 25.7 Å². The largest absolute Gasteiger partial charge is 0.481 e. The van der Waals surface area contributed by atoms with Gasteiger partial charge in [0, 0.05) is 0 Å². The first-order valence-corrected chi connectivity index (χ1v) is 15.9. The smallest absolute Gasteiger partial charge is 0.314 e. The molecule has 0 aromatic heterocycles. The second kappa shape index (κ2) is 13.7. The van der Waals surface area contributed by atoms with E-state index in [1.807, 2.05) is 0 Å². The summed E-state index contributed by atoms with van der Waals surface area (Å²) in [5, 5.41) is 15.4. The van der Waals surface area contributed by atoms with Gasteiger partial charge < -0.3 is 10.2 Å². The van der Waals surface area contributed by atoms with Gasteiger partial charge in [0.05, 0.1) is 0 Å². The van der Waals surface area contributed by atoms with E-state index in [-0.39, 0.29) is 0 Å².